The van der Waals surface area contributed by atoms with E-state index in [1.165, 1.54) is 41.5 Å². The maximum atomic E-state index is 6.26. The minimum Gasteiger partial charge on any atom is -0.302 e. The van der Waals surface area contributed by atoms with Gasteiger partial charge in [-0.2, -0.15) is 0 Å². The van der Waals surface area contributed by atoms with Crippen LogP contribution in [0.3, 0.4) is 0 Å². The Morgan fingerprint density at radius 1 is 1.00 bits per heavy atom. The van der Waals surface area contributed by atoms with Crippen LogP contribution in [0.4, 0.5) is 0 Å². The summed E-state index contributed by atoms with van der Waals surface area (Å²) < 4.78 is 1.18. The van der Waals surface area contributed by atoms with Gasteiger partial charge in [-0.05, 0) is 67.7 Å². The molecule has 0 unspecified atom stereocenters. The second-order valence-electron chi connectivity index (χ2n) is 7.38. The van der Waals surface area contributed by atoms with Gasteiger partial charge in [0.25, 0.3) is 0 Å². The molecule has 0 saturated carbocycles. The topological polar surface area (TPSA) is 6.48 Å². The maximum absolute atomic E-state index is 6.26. The lowest BCUT2D eigenvalue weighted by molar-refractivity contribution is -0.0117. The van der Waals surface area contributed by atoms with Crippen molar-refractivity contribution >= 4 is 39.1 Å². The molecule has 138 valence electrons. The number of benzene rings is 2. The average molecular weight is 454 g/mol. The number of hydrogen-bond acceptors (Lipinski definition) is 2. The van der Waals surface area contributed by atoms with Crippen molar-refractivity contribution in [3.63, 3.8) is 0 Å². The van der Waals surface area contributed by atoms with Crippen LogP contribution in [0.1, 0.15) is 36.4 Å². The van der Waals surface area contributed by atoms with E-state index in [2.05, 4.69) is 62.1 Å². The van der Waals surface area contributed by atoms with Crippen molar-refractivity contribution in [3.05, 3.63) is 68.1 Å². The molecule has 2 atom stereocenters. The number of rotatable bonds is 5. The standard InChI is InChI=1S/C21H23BrCl2N2/c22-20-6-2-1-5-15(20)13-26-19(14-25-7-3-4-8-25)12-21(26)16-9-17(23)11-18(24)10-16/h1-2,5-6,9-11,19,21H,3-4,7-8,12-14H2/t19-,21+/m0/s1. The molecule has 2 aromatic carbocycles. The smallest absolute Gasteiger partial charge is 0.0424 e. The predicted octanol–water partition coefficient (Wildman–Crippen LogP) is 6.17. The summed E-state index contributed by atoms with van der Waals surface area (Å²) in [6.07, 6.45) is 3.84. The quantitative estimate of drug-likeness (QED) is 0.534. The van der Waals surface area contributed by atoms with Crippen molar-refractivity contribution in [2.45, 2.75) is 37.9 Å². The first-order chi connectivity index (χ1) is 12.6. The van der Waals surface area contributed by atoms with Gasteiger partial charge in [0, 0.05) is 39.7 Å². The van der Waals surface area contributed by atoms with E-state index < -0.39 is 0 Å². The van der Waals surface area contributed by atoms with Gasteiger partial charge in [-0.1, -0.05) is 57.3 Å². The van der Waals surface area contributed by atoms with Crippen molar-refractivity contribution < 1.29 is 0 Å². The van der Waals surface area contributed by atoms with Crippen LogP contribution in [0.5, 0.6) is 0 Å². The molecule has 0 aliphatic carbocycles. The van der Waals surface area contributed by atoms with Gasteiger partial charge >= 0.3 is 0 Å². The van der Waals surface area contributed by atoms with Gasteiger partial charge in [0.2, 0.25) is 0 Å². The van der Waals surface area contributed by atoms with Crippen LogP contribution in [0, 0.1) is 0 Å². The molecule has 2 nitrogen and oxygen atoms in total. The van der Waals surface area contributed by atoms with E-state index in [0.29, 0.717) is 12.1 Å². The fourth-order valence-corrected chi connectivity index (χ4v) is 5.20. The van der Waals surface area contributed by atoms with Crippen molar-refractivity contribution in [3.8, 4) is 0 Å². The van der Waals surface area contributed by atoms with Gasteiger partial charge in [-0.25, -0.2) is 0 Å². The Kier molecular flexibility index (Phi) is 5.92. The zero-order chi connectivity index (χ0) is 18.1. The number of hydrogen-bond donors (Lipinski definition) is 0. The van der Waals surface area contributed by atoms with E-state index in [0.717, 1.165) is 29.6 Å². The first-order valence-electron chi connectivity index (χ1n) is 9.27. The summed E-state index contributed by atoms with van der Waals surface area (Å²) in [6.45, 7) is 4.59. The third-order valence-electron chi connectivity index (χ3n) is 5.61. The summed E-state index contributed by atoms with van der Waals surface area (Å²) in [6, 6.07) is 15.4. The third-order valence-corrected chi connectivity index (χ3v) is 6.82. The lowest BCUT2D eigenvalue weighted by atomic mass is 9.86. The monoisotopic (exact) mass is 452 g/mol. The van der Waals surface area contributed by atoms with E-state index in [4.69, 9.17) is 23.2 Å². The van der Waals surface area contributed by atoms with Gasteiger partial charge in [0.15, 0.2) is 0 Å². The molecule has 0 aromatic heterocycles. The van der Waals surface area contributed by atoms with E-state index in [1.54, 1.807) is 0 Å². The summed E-state index contributed by atoms with van der Waals surface area (Å²) in [5.74, 6) is 0. The summed E-state index contributed by atoms with van der Waals surface area (Å²) in [5.41, 5.74) is 2.56. The van der Waals surface area contributed by atoms with Crippen LogP contribution in [-0.2, 0) is 6.54 Å². The van der Waals surface area contributed by atoms with Crippen LogP contribution < -0.4 is 0 Å². The third kappa shape index (κ3) is 4.13. The number of nitrogens with zero attached hydrogens (tertiary/aromatic N) is 2. The van der Waals surface area contributed by atoms with Crippen molar-refractivity contribution in [1.82, 2.24) is 9.80 Å². The molecule has 2 aliphatic rings. The normalized spacial score (nSPS) is 24.0. The molecule has 2 aliphatic heterocycles. The second kappa shape index (κ2) is 8.20. The molecule has 2 heterocycles. The average Bonchev–Trinajstić information content (AvgIpc) is 3.10. The molecule has 2 fully saturated rings. The van der Waals surface area contributed by atoms with Crippen LogP contribution >= 0.6 is 39.1 Å². The van der Waals surface area contributed by atoms with Crippen LogP contribution in [-0.4, -0.2) is 35.5 Å². The minimum absolute atomic E-state index is 0.380. The summed E-state index contributed by atoms with van der Waals surface area (Å²) >= 11 is 16.2. The second-order valence-corrected chi connectivity index (χ2v) is 9.11. The zero-order valence-electron chi connectivity index (χ0n) is 14.7. The van der Waals surface area contributed by atoms with Gasteiger partial charge in [0.05, 0.1) is 0 Å². The fourth-order valence-electron chi connectivity index (χ4n) is 4.25. The Bertz CT molecular complexity index is 756. The van der Waals surface area contributed by atoms with E-state index in [-0.39, 0.29) is 0 Å². The molecule has 0 bridgehead atoms. The first kappa shape index (κ1) is 18.8. The van der Waals surface area contributed by atoms with Crippen LogP contribution in [0.2, 0.25) is 10.0 Å². The highest BCUT2D eigenvalue weighted by Crippen LogP contribution is 2.42. The van der Waals surface area contributed by atoms with Crippen molar-refractivity contribution in [2.24, 2.45) is 0 Å². The van der Waals surface area contributed by atoms with E-state index in [1.807, 2.05) is 6.07 Å². The molecule has 26 heavy (non-hydrogen) atoms. The SMILES string of the molecule is Clc1cc(Cl)cc([C@H]2C[C@@H](CN3CCCC3)N2Cc2ccccc2Br)c1. The molecule has 0 radical (unpaired) electrons. The van der Waals surface area contributed by atoms with Crippen LogP contribution in [0.15, 0.2) is 46.9 Å². The molecule has 0 spiro atoms. The zero-order valence-corrected chi connectivity index (χ0v) is 17.8. The van der Waals surface area contributed by atoms with Gasteiger partial charge in [-0.3, -0.25) is 4.90 Å². The molecule has 2 aromatic rings. The highest BCUT2D eigenvalue weighted by Gasteiger charge is 2.40. The Hall–Kier alpha value is -0.580. The Labute approximate surface area is 174 Å². The fraction of sp³-hybridized carbons (Fsp3) is 0.429. The molecule has 4 rings (SSSR count). The Balaban J connectivity index is 1.56. The number of halogens is 3. The summed E-state index contributed by atoms with van der Waals surface area (Å²) in [7, 11) is 0. The molecule has 0 amide bonds. The molecule has 2 saturated heterocycles. The van der Waals surface area contributed by atoms with Gasteiger partial charge in [-0.15, -0.1) is 0 Å². The molecule has 0 N–H and O–H groups in total. The largest absolute Gasteiger partial charge is 0.302 e. The van der Waals surface area contributed by atoms with Crippen molar-refractivity contribution in [1.29, 1.82) is 0 Å². The summed E-state index contributed by atoms with van der Waals surface area (Å²) in [4.78, 5) is 5.22. The molecule has 5 heteroatoms. The maximum Gasteiger partial charge on any atom is 0.0424 e. The van der Waals surface area contributed by atoms with E-state index >= 15 is 0 Å². The van der Waals surface area contributed by atoms with Crippen molar-refractivity contribution in [2.75, 3.05) is 19.6 Å². The predicted molar refractivity (Wildman–Crippen MR) is 113 cm³/mol. The first-order valence-corrected chi connectivity index (χ1v) is 10.8. The van der Waals surface area contributed by atoms with Gasteiger partial charge < -0.3 is 4.90 Å². The molecular formula is C21H23BrCl2N2. The van der Waals surface area contributed by atoms with Crippen LogP contribution in [0.25, 0.3) is 0 Å². The number of likely N-dealkylation sites (tertiary alicyclic amines) is 2. The summed E-state index contributed by atoms with van der Waals surface area (Å²) in [5, 5.41) is 1.44. The highest BCUT2D eigenvalue weighted by molar-refractivity contribution is 9.10. The lowest BCUT2D eigenvalue weighted by Crippen LogP contribution is -2.54. The lowest BCUT2D eigenvalue weighted by Gasteiger charge is -2.50. The van der Waals surface area contributed by atoms with E-state index in [9.17, 15) is 0 Å². The Morgan fingerprint density at radius 3 is 2.38 bits per heavy atom. The highest BCUT2D eigenvalue weighted by atomic mass is 79.9. The minimum atomic E-state index is 0.380. The van der Waals surface area contributed by atoms with Gasteiger partial charge in [0.1, 0.15) is 0 Å². The Morgan fingerprint density at radius 2 is 1.69 bits per heavy atom. The molecular weight excluding hydrogens is 431 g/mol.